The molecule has 0 fully saturated rings. The van der Waals surface area contributed by atoms with Crippen LogP contribution in [0.1, 0.15) is 21.5 Å². The van der Waals surface area contributed by atoms with Crippen LogP contribution in [0, 0.1) is 6.92 Å². The summed E-state index contributed by atoms with van der Waals surface area (Å²) in [4.78, 5) is 21.2. The van der Waals surface area contributed by atoms with Crippen LogP contribution < -0.4 is 5.32 Å². The predicted octanol–water partition coefficient (Wildman–Crippen LogP) is 4.91. The van der Waals surface area contributed by atoms with Crippen molar-refractivity contribution in [3.8, 4) is 0 Å². The Labute approximate surface area is 151 Å². The summed E-state index contributed by atoms with van der Waals surface area (Å²) in [7, 11) is 0. The summed E-state index contributed by atoms with van der Waals surface area (Å²) >= 11 is 0. The van der Waals surface area contributed by atoms with Gasteiger partial charge in [0.1, 0.15) is 12.1 Å². The number of aryl methyl sites for hydroxylation is 1. The summed E-state index contributed by atoms with van der Waals surface area (Å²) in [6.07, 6.45) is 1.56. The quantitative estimate of drug-likeness (QED) is 0.537. The first-order valence-corrected chi connectivity index (χ1v) is 8.39. The fourth-order valence-electron chi connectivity index (χ4n) is 2.93. The minimum absolute atomic E-state index is 0.0141. The molecule has 4 aromatic rings. The first-order chi connectivity index (χ1) is 12.7. The van der Waals surface area contributed by atoms with Crippen molar-refractivity contribution in [1.82, 2.24) is 9.97 Å². The summed E-state index contributed by atoms with van der Waals surface area (Å²) in [6, 6.07) is 22.7. The lowest BCUT2D eigenvalue weighted by molar-refractivity contribution is 0.103. The number of para-hydroxylation sites is 1. The molecular weight excluding hydrogens is 322 g/mol. The number of benzene rings is 3. The first-order valence-electron chi connectivity index (χ1n) is 8.39. The number of ketones is 1. The average molecular weight is 339 g/mol. The van der Waals surface area contributed by atoms with Crippen LogP contribution in [-0.4, -0.2) is 15.8 Å². The maximum Gasteiger partial charge on any atom is 0.193 e. The first kappa shape index (κ1) is 16.0. The van der Waals surface area contributed by atoms with E-state index < -0.39 is 0 Å². The molecule has 1 N–H and O–H groups in total. The zero-order valence-corrected chi connectivity index (χ0v) is 14.3. The Hall–Kier alpha value is -3.53. The van der Waals surface area contributed by atoms with Crippen molar-refractivity contribution >= 4 is 28.2 Å². The van der Waals surface area contributed by atoms with Gasteiger partial charge in [-0.3, -0.25) is 4.79 Å². The highest BCUT2D eigenvalue weighted by Crippen LogP contribution is 2.25. The molecule has 0 aliphatic carbocycles. The Balaban J connectivity index is 1.61. The second-order valence-corrected chi connectivity index (χ2v) is 6.09. The monoisotopic (exact) mass is 339 g/mol. The van der Waals surface area contributed by atoms with E-state index in [0.717, 1.165) is 28.0 Å². The Morgan fingerprint density at radius 2 is 1.54 bits per heavy atom. The lowest BCUT2D eigenvalue weighted by atomic mass is 10.0. The van der Waals surface area contributed by atoms with E-state index >= 15 is 0 Å². The maximum absolute atomic E-state index is 12.5. The van der Waals surface area contributed by atoms with Gasteiger partial charge < -0.3 is 5.32 Å². The molecule has 3 aromatic carbocycles. The van der Waals surface area contributed by atoms with Crippen LogP contribution in [0.5, 0.6) is 0 Å². The molecule has 0 atom stereocenters. The number of rotatable bonds is 4. The van der Waals surface area contributed by atoms with Crippen LogP contribution in [0.25, 0.3) is 10.9 Å². The molecule has 1 aromatic heterocycles. The fourth-order valence-corrected chi connectivity index (χ4v) is 2.93. The van der Waals surface area contributed by atoms with E-state index in [9.17, 15) is 4.79 Å². The van der Waals surface area contributed by atoms with Gasteiger partial charge in [-0.2, -0.15) is 0 Å². The van der Waals surface area contributed by atoms with E-state index in [0.29, 0.717) is 11.1 Å². The summed E-state index contributed by atoms with van der Waals surface area (Å²) in [5.74, 6) is 0.765. The van der Waals surface area contributed by atoms with Crippen molar-refractivity contribution < 1.29 is 4.79 Å². The Kier molecular flexibility index (Phi) is 4.15. The van der Waals surface area contributed by atoms with E-state index in [1.165, 1.54) is 0 Å². The van der Waals surface area contributed by atoms with Gasteiger partial charge in [0.2, 0.25) is 0 Å². The van der Waals surface area contributed by atoms with Crippen LogP contribution in [0.4, 0.5) is 11.5 Å². The number of anilines is 2. The highest BCUT2D eigenvalue weighted by molar-refractivity contribution is 6.09. The SMILES string of the molecule is Cc1cccc2c(Nc3ccc(C(=O)c4ccccc4)cc3)ncnc12. The molecule has 0 saturated heterocycles. The van der Waals surface area contributed by atoms with Gasteiger partial charge in [-0.05, 0) is 42.8 Å². The molecule has 0 spiro atoms. The number of carbonyl (C=O) groups is 1. The standard InChI is InChI=1S/C22H17N3O/c1-15-6-5-9-19-20(15)23-14-24-22(19)25-18-12-10-17(11-13-18)21(26)16-7-3-2-4-8-16/h2-14H,1H3,(H,23,24,25). The van der Waals surface area contributed by atoms with Crippen LogP contribution in [0.2, 0.25) is 0 Å². The molecule has 1 heterocycles. The summed E-state index contributed by atoms with van der Waals surface area (Å²) in [5.41, 5.74) is 4.25. The molecule has 126 valence electrons. The normalized spacial score (nSPS) is 10.7. The number of nitrogens with one attached hydrogen (secondary N) is 1. The van der Waals surface area contributed by atoms with Crippen molar-refractivity contribution in [2.75, 3.05) is 5.32 Å². The third-order valence-corrected chi connectivity index (χ3v) is 4.31. The molecule has 0 aliphatic heterocycles. The molecule has 26 heavy (non-hydrogen) atoms. The molecule has 0 amide bonds. The molecule has 0 aliphatic rings. The van der Waals surface area contributed by atoms with Gasteiger partial charge in [0.15, 0.2) is 5.78 Å². The number of aromatic nitrogens is 2. The van der Waals surface area contributed by atoms with Gasteiger partial charge in [-0.15, -0.1) is 0 Å². The molecule has 4 nitrogen and oxygen atoms in total. The number of hydrogen-bond donors (Lipinski definition) is 1. The van der Waals surface area contributed by atoms with Gasteiger partial charge in [0.25, 0.3) is 0 Å². The molecule has 0 radical (unpaired) electrons. The summed E-state index contributed by atoms with van der Waals surface area (Å²) < 4.78 is 0. The van der Waals surface area contributed by atoms with Crippen LogP contribution in [0.15, 0.2) is 79.1 Å². The van der Waals surface area contributed by atoms with Crippen LogP contribution in [-0.2, 0) is 0 Å². The predicted molar refractivity (Wildman–Crippen MR) is 104 cm³/mol. The van der Waals surface area contributed by atoms with Gasteiger partial charge in [-0.1, -0.05) is 42.5 Å². The summed E-state index contributed by atoms with van der Waals surface area (Å²) in [6.45, 7) is 2.03. The number of nitrogens with zero attached hydrogens (tertiary/aromatic N) is 2. The zero-order valence-electron chi connectivity index (χ0n) is 14.3. The number of fused-ring (bicyclic) bond motifs is 1. The lowest BCUT2D eigenvalue weighted by Gasteiger charge is -2.10. The topological polar surface area (TPSA) is 54.9 Å². The second kappa shape index (κ2) is 6.76. The number of hydrogen-bond acceptors (Lipinski definition) is 4. The second-order valence-electron chi connectivity index (χ2n) is 6.09. The Morgan fingerprint density at radius 3 is 2.31 bits per heavy atom. The van der Waals surface area contributed by atoms with E-state index in [1.54, 1.807) is 6.33 Å². The van der Waals surface area contributed by atoms with Crippen LogP contribution in [0.3, 0.4) is 0 Å². The Morgan fingerprint density at radius 1 is 0.808 bits per heavy atom. The van der Waals surface area contributed by atoms with Crippen molar-refractivity contribution in [2.24, 2.45) is 0 Å². The van der Waals surface area contributed by atoms with E-state index in [4.69, 9.17) is 0 Å². The average Bonchev–Trinajstić information content (AvgIpc) is 2.69. The van der Waals surface area contributed by atoms with Gasteiger partial charge in [0.05, 0.1) is 5.52 Å². The molecular formula is C22H17N3O. The molecule has 0 bridgehead atoms. The van der Waals surface area contributed by atoms with Gasteiger partial charge >= 0.3 is 0 Å². The van der Waals surface area contributed by atoms with Crippen molar-refractivity contribution in [3.05, 3.63) is 95.8 Å². The van der Waals surface area contributed by atoms with Crippen molar-refractivity contribution in [2.45, 2.75) is 6.92 Å². The van der Waals surface area contributed by atoms with E-state index in [2.05, 4.69) is 15.3 Å². The third kappa shape index (κ3) is 3.05. The van der Waals surface area contributed by atoms with Crippen molar-refractivity contribution in [1.29, 1.82) is 0 Å². The summed E-state index contributed by atoms with van der Waals surface area (Å²) in [5, 5.41) is 4.29. The van der Waals surface area contributed by atoms with Gasteiger partial charge in [-0.25, -0.2) is 9.97 Å². The maximum atomic E-state index is 12.5. The van der Waals surface area contributed by atoms with Crippen molar-refractivity contribution in [3.63, 3.8) is 0 Å². The highest BCUT2D eigenvalue weighted by Gasteiger charge is 2.09. The smallest absolute Gasteiger partial charge is 0.193 e. The Bertz CT molecular complexity index is 1070. The molecule has 4 heteroatoms. The minimum Gasteiger partial charge on any atom is -0.340 e. The minimum atomic E-state index is 0.0141. The molecule has 0 saturated carbocycles. The molecule has 4 rings (SSSR count). The molecule has 0 unspecified atom stereocenters. The zero-order chi connectivity index (χ0) is 17.9. The largest absolute Gasteiger partial charge is 0.340 e. The number of carbonyl (C=O) groups excluding carboxylic acids is 1. The van der Waals surface area contributed by atoms with E-state index in [-0.39, 0.29) is 5.78 Å². The fraction of sp³-hybridized carbons (Fsp3) is 0.0455. The third-order valence-electron chi connectivity index (χ3n) is 4.31. The lowest BCUT2D eigenvalue weighted by Crippen LogP contribution is -2.01. The van der Waals surface area contributed by atoms with E-state index in [1.807, 2.05) is 79.7 Å². The van der Waals surface area contributed by atoms with Crippen LogP contribution >= 0.6 is 0 Å². The van der Waals surface area contributed by atoms with Gasteiger partial charge in [0, 0.05) is 22.2 Å². The highest BCUT2D eigenvalue weighted by atomic mass is 16.1.